The number of hydrogen-bond donors (Lipinski definition) is 1. The molecule has 0 saturated heterocycles. The SMILES string of the molecule is CC1(C)CCC(Nc2ncco2)CC1. The molecule has 0 atom stereocenters. The Labute approximate surface area is 84.9 Å². The third-order valence-electron chi connectivity index (χ3n) is 3.10. The molecular weight excluding hydrogens is 176 g/mol. The fraction of sp³-hybridized carbons (Fsp3) is 0.727. The van der Waals surface area contributed by atoms with Crippen LogP contribution in [0.15, 0.2) is 16.9 Å². The molecule has 0 radical (unpaired) electrons. The number of anilines is 1. The summed E-state index contributed by atoms with van der Waals surface area (Å²) in [4.78, 5) is 4.07. The van der Waals surface area contributed by atoms with Crippen LogP contribution in [0.1, 0.15) is 39.5 Å². The van der Waals surface area contributed by atoms with Crippen molar-refractivity contribution in [3.63, 3.8) is 0 Å². The number of hydrogen-bond acceptors (Lipinski definition) is 3. The van der Waals surface area contributed by atoms with E-state index in [1.54, 1.807) is 12.5 Å². The Morgan fingerprint density at radius 1 is 1.43 bits per heavy atom. The molecule has 0 aromatic carbocycles. The maximum Gasteiger partial charge on any atom is 0.294 e. The lowest BCUT2D eigenvalue weighted by Crippen LogP contribution is -2.29. The highest BCUT2D eigenvalue weighted by Crippen LogP contribution is 2.35. The first-order chi connectivity index (χ1) is 6.66. The van der Waals surface area contributed by atoms with Gasteiger partial charge in [-0.05, 0) is 31.1 Å². The molecule has 0 spiro atoms. The summed E-state index contributed by atoms with van der Waals surface area (Å²) in [5.41, 5.74) is 0.523. The smallest absolute Gasteiger partial charge is 0.294 e. The standard InChI is InChI=1S/C11H18N2O/c1-11(2)5-3-9(4-6-11)13-10-12-7-8-14-10/h7-9H,3-6H2,1-2H3,(H,12,13). The van der Waals surface area contributed by atoms with E-state index in [4.69, 9.17) is 4.42 Å². The monoisotopic (exact) mass is 194 g/mol. The predicted molar refractivity (Wildman–Crippen MR) is 56.2 cm³/mol. The lowest BCUT2D eigenvalue weighted by Gasteiger charge is -2.34. The molecule has 1 N–H and O–H groups in total. The quantitative estimate of drug-likeness (QED) is 0.786. The Balaban J connectivity index is 1.85. The first-order valence-electron chi connectivity index (χ1n) is 5.32. The van der Waals surface area contributed by atoms with Crippen molar-refractivity contribution in [2.24, 2.45) is 5.41 Å². The van der Waals surface area contributed by atoms with Crippen molar-refractivity contribution in [3.8, 4) is 0 Å². The minimum absolute atomic E-state index is 0.523. The Bertz CT molecular complexity index is 269. The molecule has 0 aliphatic heterocycles. The van der Waals surface area contributed by atoms with Crippen LogP contribution in [-0.4, -0.2) is 11.0 Å². The average Bonchev–Trinajstić information content (AvgIpc) is 2.61. The van der Waals surface area contributed by atoms with Gasteiger partial charge in [0.05, 0.1) is 6.20 Å². The van der Waals surface area contributed by atoms with Gasteiger partial charge >= 0.3 is 0 Å². The van der Waals surface area contributed by atoms with Crippen molar-refractivity contribution >= 4 is 6.01 Å². The Morgan fingerprint density at radius 3 is 2.71 bits per heavy atom. The van der Waals surface area contributed by atoms with Gasteiger partial charge in [0.1, 0.15) is 6.26 Å². The van der Waals surface area contributed by atoms with Gasteiger partial charge in [-0.1, -0.05) is 13.8 Å². The molecule has 3 nitrogen and oxygen atoms in total. The zero-order valence-corrected chi connectivity index (χ0v) is 8.92. The maximum atomic E-state index is 5.17. The van der Waals surface area contributed by atoms with Crippen molar-refractivity contribution in [2.75, 3.05) is 5.32 Å². The molecule has 0 unspecified atom stereocenters. The summed E-state index contributed by atoms with van der Waals surface area (Å²) >= 11 is 0. The van der Waals surface area contributed by atoms with E-state index in [2.05, 4.69) is 24.1 Å². The van der Waals surface area contributed by atoms with E-state index in [-0.39, 0.29) is 0 Å². The lowest BCUT2D eigenvalue weighted by molar-refractivity contribution is 0.231. The Kier molecular flexibility index (Phi) is 2.48. The van der Waals surface area contributed by atoms with Gasteiger partial charge in [0, 0.05) is 6.04 Å². The van der Waals surface area contributed by atoms with Crippen molar-refractivity contribution in [3.05, 3.63) is 12.5 Å². The van der Waals surface area contributed by atoms with Crippen LogP contribution in [0.5, 0.6) is 0 Å². The third kappa shape index (κ3) is 2.28. The topological polar surface area (TPSA) is 38.1 Å². The first kappa shape index (κ1) is 9.56. The molecule has 1 fully saturated rings. The predicted octanol–water partition coefficient (Wildman–Crippen LogP) is 3.06. The molecule has 1 aromatic heterocycles. The summed E-state index contributed by atoms with van der Waals surface area (Å²) in [6.45, 7) is 4.68. The van der Waals surface area contributed by atoms with Crippen molar-refractivity contribution in [2.45, 2.75) is 45.6 Å². The van der Waals surface area contributed by atoms with Crippen LogP contribution in [0, 0.1) is 5.41 Å². The van der Waals surface area contributed by atoms with Crippen LogP contribution in [0.2, 0.25) is 0 Å². The lowest BCUT2D eigenvalue weighted by atomic mass is 9.76. The zero-order chi connectivity index (χ0) is 10.0. The largest absolute Gasteiger partial charge is 0.432 e. The van der Waals surface area contributed by atoms with Crippen LogP contribution >= 0.6 is 0 Å². The van der Waals surface area contributed by atoms with Crippen LogP contribution < -0.4 is 5.32 Å². The average molecular weight is 194 g/mol. The first-order valence-corrected chi connectivity index (χ1v) is 5.32. The second kappa shape index (κ2) is 3.64. The highest BCUT2D eigenvalue weighted by molar-refractivity contribution is 5.20. The van der Waals surface area contributed by atoms with Gasteiger partial charge in [0.2, 0.25) is 0 Å². The molecule has 1 aromatic rings. The van der Waals surface area contributed by atoms with Gasteiger partial charge in [0.15, 0.2) is 0 Å². The van der Waals surface area contributed by atoms with Crippen molar-refractivity contribution < 1.29 is 4.42 Å². The van der Waals surface area contributed by atoms with Crippen LogP contribution in [0.25, 0.3) is 0 Å². The van der Waals surface area contributed by atoms with Gasteiger partial charge in [-0.15, -0.1) is 0 Å². The van der Waals surface area contributed by atoms with Crippen LogP contribution in [0.3, 0.4) is 0 Å². The Hall–Kier alpha value is -0.990. The molecule has 2 rings (SSSR count). The van der Waals surface area contributed by atoms with E-state index in [9.17, 15) is 0 Å². The van der Waals surface area contributed by atoms with E-state index in [0.717, 1.165) is 0 Å². The molecule has 1 heterocycles. The minimum atomic E-state index is 0.523. The van der Waals surface area contributed by atoms with Gasteiger partial charge in [-0.25, -0.2) is 4.98 Å². The second-order valence-corrected chi connectivity index (χ2v) is 4.92. The van der Waals surface area contributed by atoms with E-state index in [0.29, 0.717) is 17.5 Å². The summed E-state index contributed by atoms with van der Waals surface area (Å²) in [5.74, 6) is 0. The number of rotatable bonds is 2. The molecule has 1 saturated carbocycles. The van der Waals surface area contributed by atoms with E-state index in [1.807, 2.05) is 0 Å². The second-order valence-electron chi connectivity index (χ2n) is 4.92. The number of nitrogens with one attached hydrogen (secondary N) is 1. The molecule has 1 aliphatic carbocycles. The number of aromatic nitrogens is 1. The molecule has 3 heteroatoms. The van der Waals surface area contributed by atoms with Gasteiger partial charge in [-0.3, -0.25) is 0 Å². The zero-order valence-electron chi connectivity index (χ0n) is 8.92. The van der Waals surface area contributed by atoms with Gasteiger partial charge in [0.25, 0.3) is 6.01 Å². The van der Waals surface area contributed by atoms with Crippen molar-refractivity contribution in [1.29, 1.82) is 0 Å². The molecule has 78 valence electrons. The molecule has 0 amide bonds. The highest BCUT2D eigenvalue weighted by atomic mass is 16.4. The Morgan fingerprint density at radius 2 is 2.14 bits per heavy atom. The van der Waals surface area contributed by atoms with Gasteiger partial charge < -0.3 is 9.73 Å². The maximum absolute atomic E-state index is 5.17. The fourth-order valence-electron chi connectivity index (χ4n) is 2.01. The summed E-state index contributed by atoms with van der Waals surface area (Å²) in [6.07, 6.45) is 8.28. The molecule has 14 heavy (non-hydrogen) atoms. The number of nitrogens with zero attached hydrogens (tertiary/aromatic N) is 1. The fourth-order valence-corrected chi connectivity index (χ4v) is 2.01. The summed E-state index contributed by atoms with van der Waals surface area (Å²) in [5, 5.41) is 3.32. The molecular formula is C11H18N2O. The van der Waals surface area contributed by atoms with Crippen LogP contribution in [-0.2, 0) is 0 Å². The third-order valence-corrected chi connectivity index (χ3v) is 3.10. The van der Waals surface area contributed by atoms with E-state index in [1.165, 1.54) is 25.7 Å². The normalized spacial score (nSPS) is 22.1. The minimum Gasteiger partial charge on any atom is -0.432 e. The van der Waals surface area contributed by atoms with E-state index < -0.39 is 0 Å². The molecule has 0 bridgehead atoms. The van der Waals surface area contributed by atoms with Crippen LogP contribution in [0.4, 0.5) is 6.01 Å². The van der Waals surface area contributed by atoms with E-state index >= 15 is 0 Å². The van der Waals surface area contributed by atoms with Crippen molar-refractivity contribution in [1.82, 2.24) is 4.98 Å². The highest BCUT2D eigenvalue weighted by Gasteiger charge is 2.27. The summed E-state index contributed by atoms with van der Waals surface area (Å²) < 4.78 is 5.17. The summed E-state index contributed by atoms with van der Waals surface area (Å²) in [6, 6.07) is 1.20. The summed E-state index contributed by atoms with van der Waals surface area (Å²) in [7, 11) is 0. The van der Waals surface area contributed by atoms with Gasteiger partial charge in [-0.2, -0.15) is 0 Å². The number of oxazole rings is 1. The molecule has 1 aliphatic rings.